The summed E-state index contributed by atoms with van der Waals surface area (Å²) in [5, 5.41) is 0. The highest BCUT2D eigenvalue weighted by atomic mass is 16.6. The minimum absolute atomic E-state index is 0.318. The first kappa shape index (κ1) is 67.7. The van der Waals surface area contributed by atoms with Gasteiger partial charge >= 0.3 is 23.9 Å². The summed E-state index contributed by atoms with van der Waals surface area (Å²) < 4.78 is 51.1. The van der Waals surface area contributed by atoms with E-state index in [4.69, 9.17) is 37.9 Å². The van der Waals surface area contributed by atoms with Crippen LogP contribution in [0.1, 0.15) is 229 Å². The molecule has 0 saturated heterocycles. The molecule has 4 aromatic carbocycles. The van der Waals surface area contributed by atoms with Crippen LogP contribution in [0.15, 0.2) is 72.8 Å². The Kier molecular flexibility index (Phi) is 25.1. The van der Waals surface area contributed by atoms with Crippen LogP contribution in [0, 0.1) is 0 Å². The molecule has 0 unspecified atom stereocenters. The standard InChI is InChI=1S/C72H96O12/c1-17-21-33-77-65-53-37-49(25-29-61(73)81-69(5,6)7)38-54(65)46-56-40-51(27-31-63(75)83-71(11,12)13)42-58(67(56)79-35-23-19-3)48-60-44-52(28-32-64(76)84-72(14,15)16)43-59(68(60)80-36-24-20-4)47-57-41-50(26-30-62(74)82-70(8,9)10)39-55(45-53)66(57)78-34-22-18-2/h25-32,37-44H,17-24,33-36,45-48H2,1-16H3/b29-25+,30-26+,31-27+,32-28?. The molecule has 8 bridgehead atoms. The minimum atomic E-state index is -0.706. The maximum atomic E-state index is 13.4. The first-order chi connectivity index (χ1) is 39.5. The van der Waals surface area contributed by atoms with Crippen molar-refractivity contribution in [2.75, 3.05) is 26.4 Å². The molecule has 0 saturated carbocycles. The van der Waals surface area contributed by atoms with Crippen molar-refractivity contribution in [2.24, 2.45) is 0 Å². The van der Waals surface area contributed by atoms with Crippen LogP contribution in [0.2, 0.25) is 0 Å². The van der Waals surface area contributed by atoms with E-state index in [1.807, 2.05) is 83.1 Å². The van der Waals surface area contributed by atoms with Gasteiger partial charge in [0.15, 0.2) is 0 Å². The monoisotopic (exact) mass is 1150 g/mol. The van der Waals surface area contributed by atoms with E-state index >= 15 is 0 Å². The highest BCUT2D eigenvalue weighted by Gasteiger charge is 2.26. The Morgan fingerprint density at radius 1 is 0.321 bits per heavy atom. The van der Waals surface area contributed by atoms with Crippen molar-refractivity contribution in [1.82, 2.24) is 0 Å². The molecule has 4 aromatic rings. The van der Waals surface area contributed by atoms with Gasteiger partial charge < -0.3 is 37.9 Å². The van der Waals surface area contributed by atoms with Gasteiger partial charge in [-0.2, -0.15) is 0 Å². The van der Waals surface area contributed by atoms with Crippen molar-refractivity contribution in [2.45, 2.75) is 210 Å². The van der Waals surface area contributed by atoms with Gasteiger partial charge in [-0.25, -0.2) is 19.2 Å². The van der Waals surface area contributed by atoms with Crippen molar-refractivity contribution in [3.8, 4) is 23.0 Å². The summed E-state index contributed by atoms with van der Waals surface area (Å²) in [7, 11) is 0. The second-order valence-electron chi connectivity index (χ2n) is 25.7. The summed E-state index contributed by atoms with van der Waals surface area (Å²) in [5.41, 5.74) is 6.89. The van der Waals surface area contributed by atoms with Crippen LogP contribution in [0.25, 0.3) is 24.3 Å². The number of hydrogen-bond donors (Lipinski definition) is 0. The third-order valence-electron chi connectivity index (χ3n) is 12.8. The number of carbonyl (C=O) groups is 4. The largest absolute Gasteiger partial charge is 0.493 e. The van der Waals surface area contributed by atoms with Crippen LogP contribution in [-0.2, 0) is 63.8 Å². The van der Waals surface area contributed by atoms with Crippen molar-refractivity contribution in [3.63, 3.8) is 0 Å². The van der Waals surface area contributed by atoms with Crippen LogP contribution in [0.5, 0.6) is 23.0 Å². The number of hydrogen-bond acceptors (Lipinski definition) is 12. The van der Waals surface area contributed by atoms with Crippen LogP contribution in [0.4, 0.5) is 0 Å². The summed E-state index contributed by atoms with van der Waals surface area (Å²) in [5.74, 6) is 0.849. The van der Waals surface area contributed by atoms with Gasteiger partial charge in [-0.1, -0.05) is 53.4 Å². The lowest BCUT2D eigenvalue weighted by Crippen LogP contribution is -2.22. The number of carbonyl (C=O) groups excluding carboxylic acids is 4. The van der Waals surface area contributed by atoms with Crippen LogP contribution in [-0.4, -0.2) is 72.7 Å². The molecule has 0 radical (unpaired) electrons. The fourth-order valence-corrected chi connectivity index (χ4v) is 9.40. The van der Waals surface area contributed by atoms with Crippen molar-refractivity contribution in [3.05, 3.63) is 140 Å². The summed E-state index contributed by atoms with van der Waals surface area (Å²) >= 11 is 0. The number of ether oxygens (including phenoxy) is 8. The zero-order chi connectivity index (χ0) is 61.8. The van der Waals surface area contributed by atoms with Gasteiger partial charge in [0.2, 0.25) is 0 Å². The maximum absolute atomic E-state index is 13.4. The average Bonchev–Trinajstić information content (AvgIpc) is 1.31. The van der Waals surface area contributed by atoms with Gasteiger partial charge in [0.05, 0.1) is 26.4 Å². The van der Waals surface area contributed by atoms with Crippen LogP contribution in [0.3, 0.4) is 0 Å². The molecule has 12 nitrogen and oxygen atoms in total. The van der Waals surface area contributed by atoms with Crippen molar-refractivity contribution >= 4 is 48.2 Å². The molecule has 1 aliphatic rings. The fourth-order valence-electron chi connectivity index (χ4n) is 9.40. The molecule has 0 aromatic heterocycles. The van der Waals surface area contributed by atoms with Gasteiger partial charge in [0.1, 0.15) is 45.4 Å². The second kappa shape index (κ2) is 31.2. The highest BCUT2D eigenvalue weighted by molar-refractivity contribution is 5.89. The van der Waals surface area contributed by atoms with Gasteiger partial charge in [-0.05, 0) is 248 Å². The maximum Gasteiger partial charge on any atom is 0.331 e. The molecule has 0 heterocycles. The predicted octanol–water partition coefficient (Wildman–Crippen LogP) is 16.5. The summed E-state index contributed by atoms with van der Waals surface area (Å²) in [4.78, 5) is 53.6. The third kappa shape index (κ3) is 23.2. The zero-order valence-electron chi connectivity index (χ0n) is 53.5. The lowest BCUT2D eigenvalue weighted by atomic mass is 9.88. The van der Waals surface area contributed by atoms with Crippen molar-refractivity contribution < 1.29 is 57.1 Å². The second-order valence-corrected chi connectivity index (χ2v) is 25.7. The molecule has 0 amide bonds. The Morgan fingerprint density at radius 3 is 0.631 bits per heavy atom. The van der Waals surface area contributed by atoms with Gasteiger partial charge in [-0.15, -0.1) is 0 Å². The van der Waals surface area contributed by atoms with E-state index in [1.54, 1.807) is 24.3 Å². The molecule has 0 fully saturated rings. The van der Waals surface area contributed by atoms with E-state index in [0.29, 0.717) is 75.1 Å². The lowest BCUT2D eigenvalue weighted by molar-refractivity contribution is -0.149. The number of unbranched alkanes of at least 4 members (excludes halogenated alkanes) is 4. The third-order valence-corrected chi connectivity index (χ3v) is 12.8. The van der Waals surface area contributed by atoms with Gasteiger partial charge in [0, 0.05) is 50.0 Å². The molecule has 1 aliphatic carbocycles. The smallest absolute Gasteiger partial charge is 0.331 e. The number of fused-ring (bicyclic) bond motifs is 8. The number of benzene rings is 4. The average molecular weight is 1150 g/mol. The highest BCUT2D eigenvalue weighted by Crippen LogP contribution is 2.42. The number of esters is 4. The van der Waals surface area contributed by atoms with E-state index in [0.717, 1.165) is 118 Å². The van der Waals surface area contributed by atoms with E-state index < -0.39 is 46.3 Å². The molecule has 84 heavy (non-hydrogen) atoms. The fraction of sp³-hybridized carbons (Fsp3) is 0.500. The Balaban J connectivity index is 2.03. The van der Waals surface area contributed by atoms with E-state index in [2.05, 4.69) is 76.2 Å². The molecular formula is C72H96O12. The molecule has 0 spiro atoms. The topological polar surface area (TPSA) is 142 Å². The summed E-state index contributed by atoms with van der Waals surface area (Å²) in [6.07, 6.45) is 21.1. The molecule has 5 rings (SSSR count). The van der Waals surface area contributed by atoms with Crippen molar-refractivity contribution in [1.29, 1.82) is 0 Å². The van der Waals surface area contributed by atoms with E-state index in [-0.39, 0.29) is 0 Å². The first-order valence-electron chi connectivity index (χ1n) is 30.3. The van der Waals surface area contributed by atoms with Crippen LogP contribution < -0.4 is 18.9 Å². The Bertz CT molecular complexity index is 2510. The SMILES string of the molecule is CCCCOc1c2cc(C=CC(=O)OC(C)(C)C)cc1Cc1cc(/C=C/C(=O)OC(C)(C)C)cc(c1OCCCC)Cc1cc(/C=C/C(=O)OC(C)(C)C)cc(c1OCCCC)Cc1cc(/C=C/C(=O)OC(C)(C)C)cc(c1OCCCC)C2. The Hall–Kier alpha value is -7.08. The molecule has 12 heteroatoms. The Labute approximate surface area is 502 Å². The first-order valence-corrected chi connectivity index (χ1v) is 30.3. The molecule has 0 atom stereocenters. The van der Waals surface area contributed by atoms with Gasteiger partial charge in [0.25, 0.3) is 0 Å². The molecule has 0 aliphatic heterocycles. The van der Waals surface area contributed by atoms with E-state index in [9.17, 15) is 19.2 Å². The quantitative estimate of drug-likeness (QED) is 0.0251. The van der Waals surface area contributed by atoms with Gasteiger partial charge in [-0.3, -0.25) is 0 Å². The summed E-state index contributed by atoms with van der Waals surface area (Å²) in [6.45, 7) is 32.4. The lowest BCUT2D eigenvalue weighted by Gasteiger charge is -2.24. The van der Waals surface area contributed by atoms with Crippen LogP contribution >= 0.6 is 0 Å². The summed E-state index contributed by atoms with van der Waals surface area (Å²) in [6, 6.07) is 16.5. The normalized spacial score (nSPS) is 13.1. The minimum Gasteiger partial charge on any atom is -0.493 e. The zero-order valence-corrected chi connectivity index (χ0v) is 53.5. The van der Waals surface area contributed by atoms with E-state index in [1.165, 1.54) is 24.3 Å². The Morgan fingerprint density at radius 2 is 0.488 bits per heavy atom. The molecule has 0 N–H and O–H groups in total. The molecule has 456 valence electrons. The number of rotatable bonds is 24. The molecular weight excluding hydrogens is 1060 g/mol. The predicted molar refractivity (Wildman–Crippen MR) is 338 cm³/mol.